The summed E-state index contributed by atoms with van der Waals surface area (Å²) in [5.74, 6) is -0.671. The van der Waals surface area contributed by atoms with Crippen molar-refractivity contribution in [3.05, 3.63) is 53.9 Å². The number of aryl methyl sites for hydroxylation is 3. The molecule has 3 rings (SSSR count). The van der Waals surface area contributed by atoms with Gasteiger partial charge in [-0.25, -0.2) is 0 Å². The van der Waals surface area contributed by atoms with Crippen molar-refractivity contribution in [1.82, 2.24) is 23.9 Å². The molecule has 13 nitrogen and oxygen atoms in total. The number of anilines is 3. The molecule has 0 bridgehead atoms. The molecule has 0 fully saturated rings. The number of hydrogen-bond donors (Lipinski definition) is 5. The van der Waals surface area contributed by atoms with Gasteiger partial charge in [-0.05, 0) is 18.2 Å². The highest BCUT2D eigenvalue weighted by Gasteiger charge is 2.18. The maximum Gasteiger partial charge on any atom is 0.272 e. The second-order valence-electron chi connectivity index (χ2n) is 8.52. The van der Waals surface area contributed by atoms with E-state index in [1.807, 2.05) is 0 Å². The van der Waals surface area contributed by atoms with E-state index >= 15 is 0 Å². The Kier molecular flexibility index (Phi) is 11.3. The van der Waals surface area contributed by atoms with E-state index in [9.17, 15) is 14.4 Å². The molecule has 3 aromatic rings. The van der Waals surface area contributed by atoms with Crippen LogP contribution in [0, 0.1) is 0 Å². The van der Waals surface area contributed by atoms with Crippen molar-refractivity contribution in [2.75, 3.05) is 43.6 Å². The fourth-order valence-corrected chi connectivity index (χ4v) is 3.50. The molecule has 0 spiro atoms. The lowest BCUT2D eigenvalue weighted by atomic mass is 10.3. The largest absolute Gasteiger partial charge is 0.397 e. The number of nitrogen functional groups attached to an aromatic ring is 1. The first-order valence-electron chi connectivity index (χ1n) is 11.1. The third-order valence-corrected chi connectivity index (χ3v) is 5.38. The number of carbonyl (C=O) groups excluding carboxylic acids is 3. The summed E-state index contributed by atoms with van der Waals surface area (Å²) in [6, 6.07) is 4.72. The molecule has 0 radical (unpaired) electrons. The molecule has 3 aromatic heterocycles. The number of nitrogens with two attached hydrogens (primary N) is 2. The molecule has 0 saturated carbocycles. The van der Waals surface area contributed by atoms with Crippen LogP contribution in [0.5, 0.6) is 0 Å². The molecule has 0 unspecified atom stereocenters. The van der Waals surface area contributed by atoms with E-state index < -0.39 is 5.91 Å². The maximum atomic E-state index is 12.9. The van der Waals surface area contributed by atoms with Gasteiger partial charge in [0.15, 0.2) is 5.96 Å². The predicted octanol–water partition coefficient (Wildman–Crippen LogP) is 1.24. The van der Waals surface area contributed by atoms with Crippen LogP contribution in [0.4, 0.5) is 17.1 Å². The third-order valence-electron chi connectivity index (χ3n) is 5.38. The van der Waals surface area contributed by atoms with Gasteiger partial charge < -0.3 is 46.0 Å². The minimum Gasteiger partial charge on any atom is -0.397 e. The van der Waals surface area contributed by atoms with Gasteiger partial charge in [0.2, 0.25) is 0 Å². The topological polar surface area (TPSA) is 170 Å². The Morgan fingerprint density at radius 3 is 1.71 bits per heavy atom. The van der Waals surface area contributed by atoms with Crippen molar-refractivity contribution >= 4 is 65.6 Å². The first kappa shape index (κ1) is 31.9. The summed E-state index contributed by atoms with van der Waals surface area (Å²) in [6.07, 6.45) is 4.91. The van der Waals surface area contributed by atoms with Gasteiger partial charge in [0, 0.05) is 60.4 Å². The molecular formula is C23H34Cl2N10O3. The van der Waals surface area contributed by atoms with E-state index in [0.717, 1.165) is 0 Å². The lowest BCUT2D eigenvalue weighted by Crippen LogP contribution is -2.32. The van der Waals surface area contributed by atoms with Crippen LogP contribution in [0.3, 0.4) is 0 Å². The monoisotopic (exact) mass is 568 g/mol. The average Bonchev–Trinajstić information content (AvgIpc) is 3.46. The number of amides is 3. The zero-order chi connectivity index (χ0) is 26.6. The number of guanidine groups is 1. The summed E-state index contributed by atoms with van der Waals surface area (Å²) in [6.45, 7) is 0.654. The number of aromatic nitrogens is 3. The molecule has 0 aliphatic heterocycles. The summed E-state index contributed by atoms with van der Waals surface area (Å²) in [4.78, 5) is 43.8. The average molecular weight is 569 g/mol. The van der Waals surface area contributed by atoms with Gasteiger partial charge in [-0.2, -0.15) is 0 Å². The minimum absolute atomic E-state index is 0. The first-order valence-corrected chi connectivity index (χ1v) is 11.1. The Morgan fingerprint density at radius 2 is 1.26 bits per heavy atom. The van der Waals surface area contributed by atoms with Crippen LogP contribution in [-0.4, -0.2) is 69.5 Å². The normalized spacial score (nSPS) is 10.7. The van der Waals surface area contributed by atoms with Gasteiger partial charge in [0.25, 0.3) is 17.7 Å². The molecule has 38 heavy (non-hydrogen) atoms. The van der Waals surface area contributed by atoms with E-state index in [1.165, 1.54) is 0 Å². The lowest BCUT2D eigenvalue weighted by Gasteiger charge is -2.10. The fraction of sp³-hybridized carbons (Fsp3) is 0.304. The van der Waals surface area contributed by atoms with Crippen molar-refractivity contribution in [3.63, 3.8) is 0 Å². The second-order valence-corrected chi connectivity index (χ2v) is 8.52. The number of aliphatic imine (C=N–C) groups is 1. The van der Waals surface area contributed by atoms with Crippen LogP contribution in [0.15, 0.2) is 41.8 Å². The van der Waals surface area contributed by atoms with Gasteiger partial charge in [-0.3, -0.25) is 19.4 Å². The molecule has 208 valence electrons. The van der Waals surface area contributed by atoms with Crippen molar-refractivity contribution in [3.8, 4) is 0 Å². The highest BCUT2D eigenvalue weighted by atomic mass is 35.5. The van der Waals surface area contributed by atoms with Gasteiger partial charge in [0.1, 0.15) is 17.1 Å². The molecule has 3 heterocycles. The molecule has 15 heteroatoms. The van der Waals surface area contributed by atoms with E-state index in [1.54, 1.807) is 90.6 Å². The summed E-state index contributed by atoms with van der Waals surface area (Å²) in [7, 11) is 8.69. The maximum absolute atomic E-state index is 12.9. The predicted molar refractivity (Wildman–Crippen MR) is 154 cm³/mol. The molecule has 0 atom stereocenters. The number of rotatable bonds is 8. The Hall–Kier alpha value is -4.10. The lowest BCUT2D eigenvalue weighted by molar-refractivity contribution is 0.0945. The van der Waals surface area contributed by atoms with Crippen molar-refractivity contribution in [2.45, 2.75) is 0 Å². The minimum atomic E-state index is -0.396. The molecule has 3 amide bonds. The molecule has 0 aliphatic carbocycles. The second kappa shape index (κ2) is 13.4. The van der Waals surface area contributed by atoms with Crippen LogP contribution in [-0.2, 0) is 21.1 Å². The van der Waals surface area contributed by atoms with Gasteiger partial charge in [-0.1, -0.05) is 0 Å². The number of nitrogens with zero attached hydrogens (tertiary/aromatic N) is 5. The standard InChI is InChI=1S/C23H32N10O3.2ClH/c1-30(2)23(25)27-7-6-26-20(34)18-9-15(12-32(18)4)29-22(36)19-10-16(13-33(19)5)28-21(35)17-8-14(24)11-31(17)3;;/h8-13H,6-7,24H2,1-5H3,(H2,25,27)(H,26,34)(H,28,35)(H,29,36);2*1H. The summed E-state index contributed by atoms with van der Waals surface area (Å²) in [5.41, 5.74) is 13.9. The quantitative estimate of drug-likeness (QED) is 0.155. The smallest absolute Gasteiger partial charge is 0.272 e. The Balaban J connectivity index is 0.00000361. The van der Waals surface area contributed by atoms with Crippen LogP contribution in [0.1, 0.15) is 31.5 Å². The molecule has 0 aromatic carbocycles. The van der Waals surface area contributed by atoms with Crippen LogP contribution < -0.4 is 27.4 Å². The van der Waals surface area contributed by atoms with E-state index in [0.29, 0.717) is 53.2 Å². The number of hydrogen-bond acceptors (Lipinski definition) is 5. The summed E-state index contributed by atoms with van der Waals surface area (Å²) >= 11 is 0. The van der Waals surface area contributed by atoms with Crippen LogP contribution >= 0.6 is 24.8 Å². The summed E-state index contributed by atoms with van der Waals surface area (Å²) in [5, 5.41) is 8.32. The Bertz CT molecular complexity index is 1320. The van der Waals surface area contributed by atoms with Crippen LogP contribution in [0.2, 0.25) is 0 Å². The van der Waals surface area contributed by atoms with Crippen molar-refractivity contribution in [2.24, 2.45) is 31.9 Å². The van der Waals surface area contributed by atoms with Crippen LogP contribution in [0.25, 0.3) is 0 Å². The molecular weight excluding hydrogens is 535 g/mol. The summed E-state index contributed by atoms with van der Waals surface area (Å²) < 4.78 is 4.84. The van der Waals surface area contributed by atoms with E-state index in [2.05, 4.69) is 20.9 Å². The Morgan fingerprint density at radius 1 is 0.816 bits per heavy atom. The fourth-order valence-electron chi connectivity index (χ4n) is 3.50. The zero-order valence-electron chi connectivity index (χ0n) is 21.8. The number of halogens is 2. The highest BCUT2D eigenvalue weighted by Crippen LogP contribution is 2.19. The molecule has 0 saturated heterocycles. The van der Waals surface area contributed by atoms with Gasteiger partial charge >= 0.3 is 0 Å². The SMILES string of the molecule is CN(C)C(N)=NCCNC(=O)c1cc(NC(=O)c2cc(NC(=O)c3cc(N)cn3C)cn2C)cn1C.Cl.Cl. The van der Waals surface area contributed by atoms with E-state index in [-0.39, 0.29) is 36.6 Å². The number of carbonyl (C=O) groups is 3. The first-order chi connectivity index (χ1) is 17.0. The van der Waals surface area contributed by atoms with Gasteiger partial charge in [-0.15, -0.1) is 24.8 Å². The van der Waals surface area contributed by atoms with Crippen molar-refractivity contribution < 1.29 is 14.4 Å². The molecule has 0 aliphatic rings. The van der Waals surface area contributed by atoms with Crippen molar-refractivity contribution in [1.29, 1.82) is 0 Å². The third kappa shape index (κ3) is 7.70. The number of nitrogens with one attached hydrogen (secondary N) is 3. The highest BCUT2D eigenvalue weighted by molar-refractivity contribution is 6.07. The van der Waals surface area contributed by atoms with E-state index in [4.69, 9.17) is 11.5 Å². The molecule has 7 N–H and O–H groups in total. The zero-order valence-corrected chi connectivity index (χ0v) is 23.4. The Labute approximate surface area is 233 Å². The van der Waals surface area contributed by atoms with Gasteiger partial charge in [0.05, 0.1) is 23.6 Å².